The van der Waals surface area contributed by atoms with E-state index in [2.05, 4.69) is 32.0 Å². The Labute approximate surface area is 157 Å². The maximum absolute atomic E-state index is 9.47. The maximum atomic E-state index is 9.47. The van der Waals surface area contributed by atoms with Gasteiger partial charge in [-0.05, 0) is 36.6 Å². The second-order valence-corrected chi connectivity index (χ2v) is 6.58. The molecule has 8 nitrogen and oxygen atoms in total. The third kappa shape index (κ3) is 3.22. The van der Waals surface area contributed by atoms with Crippen molar-refractivity contribution >= 4 is 17.0 Å². The lowest BCUT2D eigenvalue weighted by Crippen LogP contribution is -2.31. The number of aliphatic hydroxyl groups is 2. The number of nitrogens with zero attached hydrogens (tertiary/aromatic N) is 5. The standard InChI is InChI=1S/C19H23N5O3/c1-2-27-16-4-3-14-8-23(6-5-13(14)7-16)18-17-19(21-11-20-18)24(12-22-17)15(9-25)10-26/h3-4,7,11-12,15,25-26H,2,5-6,8-10H2,1H3. The number of benzene rings is 1. The largest absolute Gasteiger partial charge is 0.494 e. The highest BCUT2D eigenvalue weighted by Crippen LogP contribution is 2.30. The molecule has 4 rings (SSSR count). The van der Waals surface area contributed by atoms with Crippen molar-refractivity contribution in [2.45, 2.75) is 25.9 Å². The average Bonchev–Trinajstić information content (AvgIpc) is 3.13. The van der Waals surface area contributed by atoms with E-state index in [1.807, 2.05) is 13.0 Å². The summed E-state index contributed by atoms with van der Waals surface area (Å²) in [6, 6.07) is 5.77. The van der Waals surface area contributed by atoms with E-state index >= 15 is 0 Å². The van der Waals surface area contributed by atoms with Crippen LogP contribution in [0.2, 0.25) is 0 Å². The zero-order chi connectivity index (χ0) is 18.8. The number of aliphatic hydroxyl groups excluding tert-OH is 2. The fourth-order valence-electron chi connectivity index (χ4n) is 3.54. The molecule has 0 aliphatic carbocycles. The summed E-state index contributed by atoms with van der Waals surface area (Å²) in [4.78, 5) is 15.4. The number of hydrogen-bond donors (Lipinski definition) is 2. The van der Waals surface area contributed by atoms with E-state index in [4.69, 9.17) is 4.74 Å². The van der Waals surface area contributed by atoms with E-state index in [0.717, 1.165) is 31.1 Å². The van der Waals surface area contributed by atoms with Crippen LogP contribution < -0.4 is 9.64 Å². The summed E-state index contributed by atoms with van der Waals surface area (Å²) in [5.74, 6) is 1.68. The van der Waals surface area contributed by atoms with Crippen molar-refractivity contribution in [2.75, 3.05) is 31.3 Å². The second kappa shape index (κ2) is 7.50. The lowest BCUT2D eigenvalue weighted by Gasteiger charge is -2.30. The Balaban J connectivity index is 1.65. The minimum atomic E-state index is -0.461. The van der Waals surface area contributed by atoms with Gasteiger partial charge in [0.25, 0.3) is 0 Å². The van der Waals surface area contributed by atoms with Gasteiger partial charge in [0.05, 0.1) is 32.2 Å². The van der Waals surface area contributed by atoms with E-state index in [0.29, 0.717) is 17.8 Å². The molecule has 2 aromatic heterocycles. The van der Waals surface area contributed by atoms with E-state index in [1.54, 1.807) is 10.9 Å². The molecule has 0 amide bonds. The second-order valence-electron chi connectivity index (χ2n) is 6.58. The van der Waals surface area contributed by atoms with Crippen LogP contribution in [0, 0.1) is 0 Å². The molecule has 0 spiro atoms. The molecular weight excluding hydrogens is 346 g/mol. The number of imidazole rings is 1. The van der Waals surface area contributed by atoms with Gasteiger partial charge in [-0.15, -0.1) is 0 Å². The lowest BCUT2D eigenvalue weighted by molar-refractivity contribution is 0.156. The number of ether oxygens (including phenoxy) is 1. The van der Waals surface area contributed by atoms with Crippen LogP contribution in [0.15, 0.2) is 30.9 Å². The van der Waals surface area contributed by atoms with Gasteiger partial charge in [0.1, 0.15) is 12.1 Å². The summed E-state index contributed by atoms with van der Waals surface area (Å²) in [5.41, 5.74) is 3.84. The molecule has 1 aromatic carbocycles. The van der Waals surface area contributed by atoms with Crippen molar-refractivity contribution in [3.05, 3.63) is 42.0 Å². The first-order chi connectivity index (χ1) is 13.2. The number of fused-ring (bicyclic) bond motifs is 2. The smallest absolute Gasteiger partial charge is 0.165 e. The zero-order valence-electron chi connectivity index (χ0n) is 15.2. The third-order valence-corrected chi connectivity index (χ3v) is 4.95. The first kappa shape index (κ1) is 17.7. The van der Waals surface area contributed by atoms with Crippen LogP contribution in [0.3, 0.4) is 0 Å². The van der Waals surface area contributed by atoms with Crippen molar-refractivity contribution in [1.29, 1.82) is 0 Å². The molecule has 0 bridgehead atoms. The number of aromatic nitrogens is 4. The van der Waals surface area contributed by atoms with Gasteiger partial charge in [0.2, 0.25) is 0 Å². The Morgan fingerprint density at radius 2 is 2.00 bits per heavy atom. The van der Waals surface area contributed by atoms with E-state index in [9.17, 15) is 10.2 Å². The summed E-state index contributed by atoms with van der Waals surface area (Å²) in [7, 11) is 0. The van der Waals surface area contributed by atoms with E-state index in [-0.39, 0.29) is 13.2 Å². The first-order valence-electron chi connectivity index (χ1n) is 9.14. The topological polar surface area (TPSA) is 96.5 Å². The summed E-state index contributed by atoms with van der Waals surface area (Å²) < 4.78 is 7.30. The lowest BCUT2D eigenvalue weighted by atomic mass is 9.99. The van der Waals surface area contributed by atoms with Gasteiger partial charge in [-0.25, -0.2) is 15.0 Å². The Morgan fingerprint density at radius 1 is 1.15 bits per heavy atom. The fourth-order valence-corrected chi connectivity index (χ4v) is 3.54. The van der Waals surface area contributed by atoms with Gasteiger partial charge in [-0.3, -0.25) is 0 Å². The van der Waals surface area contributed by atoms with Crippen LogP contribution in [0.1, 0.15) is 24.1 Å². The van der Waals surface area contributed by atoms with Crippen molar-refractivity contribution in [1.82, 2.24) is 19.5 Å². The number of anilines is 1. The van der Waals surface area contributed by atoms with Gasteiger partial charge >= 0.3 is 0 Å². The highest BCUT2D eigenvalue weighted by molar-refractivity contribution is 5.83. The van der Waals surface area contributed by atoms with Crippen LogP contribution in [0.25, 0.3) is 11.2 Å². The van der Waals surface area contributed by atoms with E-state index in [1.165, 1.54) is 17.5 Å². The van der Waals surface area contributed by atoms with Crippen molar-refractivity contribution in [3.8, 4) is 5.75 Å². The SMILES string of the molecule is CCOc1ccc2c(c1)CCN(c1ncnc3c1ncn3C(CO)CO)C2. The van der Waals surface area contributed by atoms with Gasteiger partial charge in [-0.2, -0.15) is 0 Å². The minimum absolute atomic E-state index is 0.180. The van der Waals surface area contributed by atoms with Crippen molar-refractivity contribution < 1.29 is 14.9 Å². The third-order valence-electron chi connectivity index (χ3n) is 4.95. The molecule has 27 heavy (non-hydrogen) atoms. The van der Waals surface area contributed by atoms with E-state index < -0.39 is 6.04 Å². The highest BCUT2D eigenvalue weighted by atomic mass is 16.5. The molecule has 1 aliphatic rings. The average molecular weight is 369 g/mol. The Hall–Kier alpha value is -2.71. The molecule has 0 unspecified atom stereocenters. The predicted molar refractivity (Wildman–Crippen MR) is 101 cm³/mol. The van der Waals surface area contributed by atoms with Crippen LogP contribution in [0.5, 0.6) is 5.75 Å². The van der Waals surface area contributed by atoms with Crippen molar-refractivity contribution in [2.24, 2.45) is 0 Å². The molecule has 3 heterocycles. The molecule has 0 saturated heterocycles. The molecule has 2 N–H and O–H groups in total. The normalized spacial score (nSPS) is 14.0. The molecule has 8 heteroatoms. The van der Waals surface area contributed by atoms with Crippen LogP contribution >= 0.6 is 0 Å². The predicted octanol–water partition coefficient (Wildman–Crippen LogP) is 1.31. The molecular formula is C19H23N5O3. The zero-order valence-corrected chi connectivity index (χ0v) is 15.2. The quantitative estimate of drug-likeness (QED) is 0.676. The molecule has 0 atom stereocenters. The van der Waals surface area contributed by atoms with Gasteiger partial charge < -0.3 is 24.4 Å². The Bertz CT molecular complexity index is 938. The molecule has 0 saturated carbocycles. The Morgan fingerprint density at radius 3 is 2.78 bits per heavy atom. The van der Waals surface area contributed by atoms with Gasteiger partial charge in [0.15, 0.2) is 17.0 Å². The fraction of sp³-hybridized carbons (Fsp3) is 0.421. The summed E-state index contributed by atoms with van der Waals surface area (Å²) in [6.07, 6.45) is 4.01. The Kier molecular flexibility index (Phi) is 4.91. The summed E-state index contributed by atoms with van der Waals surface area (Å²) >= 11 is 0. The maximum Gasteiger partial charge on any atom is 0.165 e. The summed E-state index contributed by atoms with van der Waals surface area (Å²) in [6.45, 7) is 3.85. The molecule has 3 aromatic rings. The van der Waals surface area contributed by atoms with Crippen LogP contribution in [-0.4, -0.2) is 56.1 Å². The number of hydrogen-bond acceptors (Lipinski definition) is 7. The van der Waals surface area contributed by atoms with Crippen LogP contribution in [-0.2, 0) is 13.0 Å². The van der Waals surface area contributed by atoms with Gasteiger partial charge in [0, 0.05) is 13.1 Å². The van der Waals surface area contributed by atoms with Gasteiger partial charge in [-0.1, -0.05) is 6.07 Å². The highest BCUT2D eigenvalue weighted by Gasteiger charge is 2.23. The monoisotopic (exact) mass is 369 g/mol. The minimum Gasteiger partial charge on any atom is -0.494 e. The number of rotatable bonds is 6. The first-order valence-corrected chi connectivity index (χ1v) is 9.14. The molecule has 142 valence electrons. The molecule has 0 radical (unpaired) electrons. The molecule has 0 fully saturated rings. The summed E-state index contributed by atoms with van der Waals surface area (Å²) in [5, 5.41) is 18.9. The molecule has 1 aliphatic heterocycles. The van der Waals surface area contributed by atoms with Crippen LogP contribution in [0.4, 0.5) is 5.82 Å². The van der Waals surface area contributed by atoms with Crippen molar-refractivity contribution in [3.63, 3.8) is 0 Å².